The van der Waals surface area contributed by atoms with Gasteiger partial charge in [-0.3, -0.25) is 0 Å². The molecule has 34 heavy (non-hydrogen) atoms. The summed E-state index contributed by atoms with van der Waals surface area (Å²) < 4.78 is 0. The molecular weight excluding hydrogens is 420 g/mol. The normalized spacial score (nSPS) is 17.8. The molecule has 1 fully saturated rings. The summed E-state index contributed by atoms with van der Waals surface area (Å²) in [6.07, 6.45) is 10.1. The Bertz CT molecular complexity index is 1190. The highest BCUT2D eigenvalue weighted by Gasteiger charge is 2.22. The molecule has 1 saturated heterocycles. The van der Waals surface area contributed by atoms with E-state index in [1.807, 2.05) is 32.9 Å². The maximum absolute atomic E-state index is 9.38. The Morgan fingerprint density at radius 3 is 2.74 bits per heavy atom. The zero-order valence-corrected chi connectivity index (χ0v) is 21.5. The average Bonchev–Trinajstić information content (AvgIpc) is 3.23. The van der Waals surface area contributed by atoms with Crippen LogP contribution in [-0.4, -0.2) is 53.2 Å². The lowest BCUT2D eigenvalue weighted by molar-refractivity contribution is 0.251. The molecule has 1 atom stereocenters. The highest BCUT2D eigenvalue weighted by molar-refractivity contribution is 5.55. The number of aryl methyl sites for hydroxylation is 1. The smallest absolute Gasteiger partial charge is 0.156 e. The van der Waals surface area contributed by atoms with Crippen molar-refractivity contribution in [1.29, 1.82) is 5.26 Å². The Balaban J connectivity index is 1.99. The molecule has 6 heteroatoms. The third kappa shape index (κ3) is 5.84. The lowest BCUT2D eigenvalue weighted by Gasteiger charge is -2.28. The SMILES string of the molecule is C/C=c1/c(C)nnc(NCc2cccc(C#N)c2C)/c1=C/C(=C/CC)N(C)CC1CCCN1C. The molecule has 3 rings (SSSR count). The van der Waals surface area contributed by atoms with E-state index >= 15 is 0 Å². The summed E-state index contributed by atoms with van der Waals surface area (Å²) in [6, 6.07) is 8.69. The van der Waals surface area contributed by atoms with Crippen LogP contribution < -0.4 is 15.8 Å². The first-order valence-electron chi connectivity index (χ1n) is 12.2. The third-order valence-electron chi connectivity index (χ3n) is 6.84. The highest BCUT2D eigenvalue weighted by Crippen LogP contribution is 2.18. The van der Waals surface area contributed by atoms with Crippen molar-refractivity contribution < 1.29 is 0 Å². The van der Waals surface area contributed by atoms with Crippen molar-refractivity contribution in [2.24, 2.45) is 0 Å². The molecule has 1 aromatic carbocycles. The Hall–Kier alpha value is -3.17. The Labute approximate surface area is 204 Å². The van der Waals surface area contributed by atoms with Crippen LogP contribution >= 0.6 is 0 Å². The summed E-state index contributed by atoms with van der Waals surface area (Å²) in [4.78, 5) is 4.84. The number of benzene rings is 1. The molecule has 0 spiro atoms. The van der Waals surface area contributed by atoms with Gasteiger partial charge in [0.15, 0.2) is 5.82 Å². The van der Waals surface area contributed by atoms with Crippen molar-refractivity contribution in [1.82, 2.24) is 20.0 Å². The topological polar surface area (TPSA) is 68.1 Å². The number of nitrogens with one attached hydrogen (secondary N) is 1. The first-order valence-corrected chi connectivity index (χ1v) is 12.2. The van der Waals surface area contributed by atoms with Gasteiger partial charge in [-0.2, -0.15) is 10.4 Å². The third-order valence-corrected chi connectivity index (χ3v) is 6.84. The summed E-state index contributed by atoms with van der Waals surface area (Å²) in [6.45, 7) is 11.0. The summed E-state index contributed by atoms with van der Waals surface area (Å²) in [5, 5.41) is 24.0. The standard InChI is InChI=1S/C28H38N6/c1-7-11-24(34(6)19-25-14-10-15-33(25)5)16-27-26(8-2)21(4)31-32-28(27)30-18-23-13-9-12-22(17-29)20(23)3/h8-9,11-13,16,25H,7,10,14-15,18-19H2,1-6H3,(H,30,32)/b24-11-,26-8-,27-16+. The lowest BCUT2D eigenvalue weighted by atomic mass is 10.0. The molecule has 0 bridgehead atoms. The van der Waals surface area contributed by atoms with Gasteiger partial charge in [0.25, 0.3) is 0 Å². The molecule has 0 radical (unpaired) electrons. The van der Waals surface area contributed by atoms with Gasteiger partial charge in [0.2, 0.25) is 0 Å². The number of rotatable bonds is 8. The van der Waals surface area contributed by atoms with E-state index in [-0.39, 0.29) is 0 Å². The zero-order valence-electron chi connectivity index (χ0n) is 21.5. The molecule has 180 valence electrons. The number of nitriles is 1. The minimum absolute atomic E-state index is 0.582. The number of hydrogen-bond donors (Lipinski definition) is 1. The van der Waals surface area contributed by atoms with Crippen LogP contribution in [0.4, 0.5) is 5.82 Å². The van der Waals surface area contributed by atoms with Crippen LogP contribution in [0.3, 0.4) is 0 Å². The minimum atomic E-state index is 0.582. The van der Waals surface area contributed by atoms with Crippen LogP contribution in [0.2, 0.25) is 0 Å². The first-order chi connectivity index (χ1) is 16.4. The molecule has 2 aromatic rings. The maximum atomic E-state index is 9.38. The van der Waals surface area contributed by atoms with Gasteiger partial charge in [-0.25, -0.2) is 0 Å². The van der Waals surface area contributed by atoms with E-state index in [2.05, 4.69) is 76.7 Å². The van der Waals surface area contributed by atoms with Gasteiger partial charge in [0, 0.05) is 42.3 Å². The molecule has 1 aliphatic heterocycles. The summed E-state index contributed by atoms with van der Waals surface area (Å²) >= 11 is 0. The molecule has 1 unspecified atom stereocenters. The number of likely N-dealkylation sites (tertiary alicyclic amines) is 1. The van der Waals surface area contributed by atoms with Crippen LogP contribution in [0.5, 0.6) is 0 Å². The van der Waals surface area contributed by atoms with E-state index in [0.29, 0.717) is 18.2 Å². The zero-order chi connectivity index (χ0) is 24.7. The van der Waals surface area contributed by atoms with Gasteiger partial charge >= 0.3 is 0 Å². The molecule has 1 aliphatic rings. The van der Waals surface area contributed by atoms with Crippen molar-refractivity contribution in [3.05, 3.63) is 62.8 Å². The van der Waals surface area contributed by atoms with Gasteiger partial charge < -0.3 is 15.1 Å². The maximum Gasteiger partial charge on any atom is 0.156 e. The quantitative estimate of drug-likeness (QED) is 0.653. The van der Waals surface area contributed by atoms with Crippen LogP contribution in [0.1, 0.15) is 55.5 Å². The van der Waals surface area contributed by atoms with Crippen LogP contribution in [0.25, 0.3) is 12.2 Å². The van der Waals surface area contributed by atoms with Crippen molar-refractivity contribution in [3.8, 4) is 6.07 Å². The fraction of sp³-hybridized carbons (Fsp3) is 0.464. The largest absolute Gasteiger partial charge is 0.373 e. The number of likely N-dealkylation sites (N-methyl/N-ethyl adjacent to an activating group) is 2. The van der Waals surface area contributed by atoms with Crippen molar-refractivity contribution in [2.45, 2.75) is 59.5 Å². The van der Waals surface area contributed by atoms with Crippen LogP contribution in [0.15, 0.2) is 30.0 Å². The number of anilines is 1. The van der Waals surface area contributed by atoms with Crippen LogP contribution in [-0.2, 0) is 6.54 Å². The van der Waals surface area contributed by atoms with E-state index in [1.165, 1.54) is 25.1 Å². The molecule has 0 amide bonds. The summed E-state index contributed by atoms with van der Waals surface area (Å²) in [5.74, 6) is 0.758. The predicted molar refractivity (Wildman–Crippen MR) is 140 cm³/mol. The predicted octanol–water partition coefficient (Wildman–Crippen LogP) is 3.48. The summed E-state index contributed by atoms with van der Waals surface area (Å²) in [7, 11) is 4.41. The highest BCUT2D eigenvalue weighted by atomic mass is 15.2. The number of aromatic nitrogens is 2. The van der Waals surface area contributed by atoms with E-state index in [4.69, 9.17) is 0 Å². The second kappa shape index (κ2) is 11.8. The Morgan fingerprint density at radius 2 is 2.09 bits per heavy atom. The van der Waals surface area contributed by atoms with Crippen molar-refractivity contribution >= 4 is 18.0 Å². The molecule has 1 aromatic heterocycles. The monoisotopic (exact) mass is 458 g/mol. The van der Waals surface area contributed by atoms with Crippen molar-refractivity contribution in [3.63, 3.8) is 0 Å². The molecule has 1 N–H and O–H groups in total. The van der Waals surface area contributed by atoms with Gasteiger partial charge in [0.05, 0.1) is 17.3 Å². The molecule has 0 saturated carbocycles. The first kappa shape index (κ1) is 25.5. The minimum Gasteiger partial charge on any atom is -0.373 e. The van der Waals surface area contributed by atoms with Gasteiger partial charge in [-0.15, -0.1) is 5.10 Å². The van der Waals surface area contributed by atoms with Crippen LogP contribution in [0, 0.1) is 25.2 Å². The van der Waals surface area contributed by atoms with Gasteiger partial charge in [-0.05, 0) is 76.9 Å². The van der Waals surface area contributed by atoms with Gasteiger partial charge in [-0.1, -0.05) is 31.2 Å². The fourth-order valence-electron chi connectivity index (χ4n) is 4.68. The van der Waals surface area contributed by atoms with E-state index in [9.17, 15) is 5.26 Å². The number of nitrogens with zero attached hydrogens (tertiary/aromatic N) is 5. The van der Waals surface area contributed by atoms with Crippen molar-refractivity contribution in [2.75, 3.05) is 32.5 Å². The summed E-state index contributed by atoms with van der Waals surface area (Å²) in [5.41, 5.74) is 4.90. The molecule has 2 heterocycles. The molecule has 0 aliphatic carbocycles. The van der Waals surface area contributed by atoms with E-state index in [0.717, 1.165) is 46.0 Å². The lowest BCUT2D eigenvalue weighted by Crippen LogP contribution is -2.37. The van der Waals surface area contributed by atoms with E-state index in [1.54, 1.807) is 0 Å². The molecule has 6 nitrogen and oxygen atoms in total. The Kier molecular flexibility index (Phi) is 8.84. The number of allylic oxidation sites excluding steroid dienone is 2. The van der Waals surface area contributed by atoms with Gasteiger partial charge in [0.1, 0.15) is 0 Å². The Morgan fingerprint density at radius 1 is 1.29 bits per heavy atom. The fourth-order valence-corrected chi connectivity index (χ4v) is 4.68. The second-order valence-electron chi connectivity index (χ2n) is 9.14. The molecular formula is C28H38N6. The number of hydrogen-bond acceptors (Lipinski definition) is 6. The average molecular weight is 459 g/mol. The second-order valence-corrected chi connectivity index (χ2v) is 9.14. The van der Waals surface area contributed by atoms with E-state index < -0.39 is 0 Å².